The van der Waals surface area contributed by atoms with E-state index in [2.05, 4.69) is 12.2 Å². The van der Waals surface area contributed by atoms with Gasteiger partial charge in [-0.05, 0) is 30.7 Å². The van der Waals surface area contributed by atoms with Crippen molar-refractivity contribution in [1.29, 1.82) is 0 Å². The molecule has 1 rings (SSSR count). The van der Waals surface area contributed by atoms with Crippen LogP contribution in [0.4, 0.5) is 0 Å². The van der Waals surface area contributed by atoms with E-state index in [-0.39, 0.29) is 6.04 Å². The third-order valence-electron chi connectivity index (χ3n) is 2.31. The summed E-state index contributed by atoms with van der Waals surface area (Å²) in [4.78, 5) is 0. The standard InChI is InChI=1S/C12H17Cl2NO/c1-3-6-15-12(8-16-2)10-5-4-9(13)7-11(10)14/h4-5,7,12,15H,3,6,8H2,1-2H3. The van der Waals surface area contributed by atoms with E-state index in [4.69, 9.17) is 27.9 Å². The normalized spacial score (nSPS) is 12.8. The Hall–Kier alpha value is -0.280. The molecule has 0 amide bonds. The van der Waals surface area contributed by atoms with Crippen molar-refractivity contribution in [2.45, 2.75) is 19.4 Å². The fourth-order valence-electron chi connectivity index (χ4n) is 1.53. The second-order valence-electron chi connectivity index (χ2n) is 3.63. The topological polar surface area (TPSA) is 21.3 Å². The van der Waals surface area contributed by atoms with Crippen LogP contribution in [0.1, 0.15) is 24.9 Å². The predicted molar refractivity (Wildman–Crippen MR) is 69.4 cm³/mol. The molecule has 1 unspecified atom stereocenters. The molecule has 2 nitrogen and oxygen atoms in total. The Morgan fingerprint density at radius 3 is 2.69 bits per heavy atom. The minimum atomic E-state index is 0.120. The Labute approximate surface area is 107 Å². The smallest absolute Gasteiger partial charge is 0.0658 e. The molecule has 1 N–H and O–H groups in total. The Kier molecular flexibility index (Phi) is 6.14. The number of rotatable bonds is 6. The van der Waals surface area contributed by atoms with Crippen molar-refractivity contribution in [1.82, 2.24) is 5.32 Å². The molecule has 0 bridgehead atoms. The maximum atomic E-state index is 6.16. The van der Waals surface area contributed by atoms with Crippen molar-refractivity contribution in [2.75, 3.05) is 20.3 Å². The van der Waals surface area contributed by atoms with Crippen molar-refractivity contribution in [3.63, 3.8) is 0 Å². The van der Waals surface area contributed by atoms with Crippen molar-refractivity contribution < 1.29 is 4.74 Å². The second kappa shape index (κ2) is 7.13. The Morgan fingerprint density at radius 1 is 1.38 bits per heavy atom. The van der Waals surface area contributed by atoms with Crippen LogP contribution in [-0.4, -0.2) is 20.3 Å². The first-order valence-electron chi connectivity index (χ1n) is 5.36. The van der Waals surface area contributed by atoms with E-state index in [1.54, 1.807) is 13.2 Å². The number of nitrogens with one attached hydrogen (secondary N) is 1. The molecule has 0 aliphatic heterocycles. The number of ether oxygens (including phenoxy) is 1. The minimum Gasteiger partial charge on any atom is -0.383 e. The van der Waals surface area contributed by atoms with E-state index in [1.807, 2.05) is 12.1 Å². The van der Waals surface area contributed by atoms with E-state index in [1.165, 1.54) is 0 Å². The average molecular weight is 262 g/mol. The van der Waals surface area contributed by atoms with E-state index >= 15 is 0 Å². The number of benzene rings is 1. The lowest BCUT2D eigenvalue weighted by atomic mass is 10.1. The largest absolute Gasteiger partial charge is 0.383 e. The van der Waals surface area contributed by atoms with Crippen LogP contribution >= 0.6 is 23.2 Å². The van der Waals surface area contributed by atoms with Crippen LogP contribution in [0, 0.1) is 0 Å². The lowest BCUT2D eigenvalue weighted by Gasteiger charge is -2.19. The Bertz CT molecular complexity index is 331. The summed E-state index contributed by atoms with van der Waals surface area (Å²) in [6, 6.07) is 5.67. The molecule has 0 heterocycles. The fraction of sp³-hybridized carbons (Fsp3) is 0.500. The third-order valence-corrected chi connectivity index (χ3v) is 2.87. The summed E-state index contributed by atoms with van der Waals surface area (Å²) in [5.41, 5.74) is 1.03. The zero-order valence-electron chi connectivity index (χ0n) is 9.59. The molecule has 0 aliphatic carbocycles. The van der Waals surface area contributed by atoms with E-state index in [0.717, 1.165) is 18.5 Å². The minimum absolute atomic E-state index is 0.120. The first kappa shape index (κ1) is 13.8. The molecular formula is C12H17Cl2NO. The van der Waals surface area contributed by atoms with Crippen LogP contribution in [0.3, 0.4) is 0 Å². The van der Waals surface area contributed by atoms with Crippen LogP contribution in [-0.2, 0) is 4.74 Å². The van der Waals surface area contributed by atoms with Crippen molar-refractivity contribution >= 4 is 23.2 Å². The molecule has 90 valence electrons. The summed E-state index contributed by atoms with van der Waals surface area (Å²) in [5.74, 6) is 0. The van der Waals surface area contributed by atoms with Gasteiger partial charge in [0.05, 0.1) is 12.6 Å². The highest BCUT2D eigenvalue weighted by Crippen LogP contribution is 2.26. The Balaban J connectivity index is 2.82. The molecule has 4 heteroatoms. The summed E-state index contributed by atoms with van der Waals surface area (Å²) in [6.45, 7) is 3.66. The molecule has 0 saturated carbocycles. The summed E-state index contributed by atoms with van der Waals surface area (Å²) in [6.07, 6.45) is 1.07. The number of hydrogen-bond donors (Lipinski definition) is 1. The molecule has 0 fully saturated rings. The lowest BCUT2D eigenvalue weighted by molar-refractivity contribution is 0.167. The van der Waals surface area contributed by atoms with Crippen LogP contribution in [0.25, 0.3) is 0 Å². The number of hydrogen-bond acceptors (Lipinski definition) is 2. The number of methoxy groups -OCH3 is 1. The van der Waals surface area contributed by atoms with Gasteiger partial charge in [-0.2, -0.15) is 0 Å². The summed E-state index contributed by atoms with van der Waals surface area (Å²) in [5, 5.41) is 4.73. The SMILES string of the molecule is CCCNC(COC)c1ccc(Cl)cc1Cl. The van der Waals surface area contributed by atoms with Gasteiger partial charge in [-0.1, -0.05) is 36.2 Å². The van der Waals surface area contributed by atoms with Crippen molar-refractivity contribution in [3.8, 4) is 0 Å². The molecule has 0 radical (unpaired) electrons. The predicted octanol–water partition coefficient (Wildman–Crippen LogP) is 3.68. The van der Waals surface area contributed by atoms with Crippen molar-refractivity contribution in [3.05, 3.63) is 33.8 Å². The monoisotopic (exact) mass is 261 g/mol. The van der Waals surface area contributed by atoms with Gasteiger partial charge < -0.3 is 10.1 Å². The number of halogens is 2. The van der Waals surface area contributed by atoms with Crippen LogP contribution in [0.15, 0.2) is 18.2 Å². The third kappa shape index (κ3) is 3.95. The maximum Gasteiger partial charge on any atom is 0.0658 e. The summed E-state index contributed by atoms with van der Waals surface area (Å²) < 4.78 is 5.19. The fourth-order valence-corrected chi connectivity index (χ4v) is 2.07. The van der Waals surface area contributed by atoms with Crippen molar-refractivity contribution in [2.24, 2.45) is 0 Å². The zero-order valence-corrected chi connectivity index (χ0v) is 11.1. The van der Waals surface area contributed by atoms with Gasteiger partial charge >= 0.3 is 0 Å². The molecule has 1 aromatic rings. The highest BCUT2D eigenvalue weighted by molar-refractivity contribution is 6.35. The molecule has 1 atom stereocenters. The van der Waals surface area contributed by atoms with Gasteiger partial charge in [0.15, 0.2) is 0 Å². The van der Waals surface area contributed by atoms with E-state index in [9.17, 15) is 0 Å². The van der Waals surface area contributed by atoms with E-state index in [0.29, 0.717) is 16.7 Å². The second-order valence-corrected chi connectivity index (χ2v) is 4.47. The highest BCUT2D eigenvalue weighted by atomic mass is 35.5. The first-order chi connectivity index (χ1) is 7.69. The molecule has 0 saturated heterocycles. The van der Waals surface area contributed by atoms with Gasteiger partial charge in [0, 0.05) is 17.2 Å². The zero-order chi connectivity index (χ0) is 12.0. The van der Waals surface area contributed by atoms with E-state index < -0.39 is 0 Å². The van der Waals surface area contributed by atoms with Gasteiger partial charge in [0.25, 0.3) is 0 Å². The van der Waals surface area contributed by atoms with Gasteiger partial charge in [0.1, 0.15) is 0 Å². The van der Waals surface area contributed by atoms with Gasteiger partial charge in [-0.25, -0.2) is 0 Å². The van der Waals surface area contributed by atoms with Gasteiger partial charge in [-0.3, -0.25) is 0 Å². The van der Waals surface area contributed by atoms with Crippen LogP contribution in [0.2, 0.25) is 10.0 Å². The quantitative estimate of drug-likeness (QED) is 0.844. The molecule has 0 aliphatic rings. The van der Waals surface area contributed by atoms with Gasteiger partial charge in [0.2, 0.25) is 0 Å². The first-order valence-corrected chi connectivity index (χ1v) is 6.12. The Morgan fingerprint density at radius 2 is 2.12 bits per heavy atom. The van der Waals surface area contributed by atoms with Crippen LogP contribution < -0.4 is 5.32 Å². The molecule has 16 heavy (non-hydrogen) atoms. The molecule has 0 aromatic heterocycles. The molecule has 0 spiro atoms. The summed E-state index contributed by atoms with van der Waals surface area (Å²) in [7, 11) is 1.68. The summed E-state index contributed by atoms with van der Waals surface area (Å²) >= 11 is 12.0. The lowest BCUT2D eigenvalue weighted by Crippen LogP contribution is -2.26. The molecule has 1 aromatic carbocycles. The average Bonchev–Trinajstić information content (AvgIpc) is 2.25. The molecular weight excluding hydrogens is 245 g/mol. The highest BCUT2D eigenvalue weighted by Gasteiger charge is 2.13. The maximum absolute atomic E-state index is 6.16. The van der Waals surface area contributed by atoms with Crippen LogP contribution in [0.5, 0.6) is 0 Å². The van der Waals surface area contributed by atoms with Gasteiger partial charge in [-0.15, -0.1) is 0 Å².